The van der Waals surface area contributed by atoms with E-state index < -0.39 is 6.67 Å². The third-order valence-electron chi connectivity index (χ3n) is 5.52. The molecule has 1 aromatic heterocycles. The van der Waals surface area contributed by atoms with Gasteiger partial charge in [0.1, 0.15) is 18.2 Å². The lowest BCUT2D eigenvalue weighted by molar-refractivity contribution is 0.253. The molecule has 4 rings (SSSR count). The number of aliphatic hydroxyl groups is 1. The minimum Gasteiger partial charge on any atom is -0.497 e. The summed E-state index contributed by atoms with van der Waals surface area (Å²) >= 11 is 0. The van der Waals surface area contributed by atoms with E-state index in [2.05, 4.69) is 43.1 Å². The van der Waals surface area contributed by atoms with E-state index >= 15 is 0 Å². The second-order valence-electron chi connectivity index (χ2n) is 7.77. The van der Waals surface area contributed by atoms with Crippen molar-refractivity contribution in [1.29, 1.82) is 0 Å². The molecule has 0 atom stereocenters. The number of rotatable bonds is 5. The zero-order valence-electron chi connectivity index (χ0n) is 20.2. The Morgan fingerprint density at radius 1 is 1.00 bits per heavy atom. The van der Waals surface area contributed by atoms with Gasteiger partial charge in [0.2, 0.25) is 0 Å². The molecule has 6 heteroatoms. The van der Waals surface area contributed by atoms with Crippen molar-refractivity contribution in [3.8, 4) is 17.0 Å². The number of aliphatic hydroxyl groups excluding tert-OH is 1. The van der Waals surface area contributed by atoms with E-state index in [0.29, 0.717) is 5.82 Å². The van der Waals surface area contributed by atoms with Gasteiger partial charge >= 0.3 is 0 Å². The highest BCUT2D eigenvalue weighted by atomic mass is 19.1. The van der Waals surface area contributed by atoms with Crippen molar-refractivity contribution in [3.05, 3.63) is 70.5 Å². The summed E-state index contributed by atoms with van der Waals surface area (Å²) in [5.74, 6) is 1.39. The number of methoxy groups -OCH3 is 1. The van der Waals surface area contributed by atoms with Crippen molar-refractivity contribution in [2.24, 2.45) is 0 Å². The molecule has 0 saturated carbocycles. The maximum atomic E-state index is 10.5. The summed E-state index contributed by atoms with van der Waals surface area (Å²) in [5, 5.41) is 7.50. The summed E-state index contributed by atoms with van der Waals surface area (Å²) in [6.07, 6.45) is 5.55. The fourth-order valence-electron chi connectivity index (χ4n) is 3.79. The van der Waals surface area contributed by atoms with Crippen molar-refractivity contribution >= 4 is 5.82 Å². The molecule has 1 aliphatic rings. The van der Waals surface area contributed by atoms with Gasteiger partial charge in [0.05, 0.1) is 30.8 Å². The molecule has 33 heavy (non-hydrogen) atoms. The zero-order chi connectivity index (χ0) is 24.2. The lowest BCUT2D eigenvalue weighted by atomic mass is 10.0. The molecule has 3 N–H and O–H groups in total. The van der Waals surface area contributed by atoms with Crippen LogP contribution in [0.1, 0.15) is 48.3 Å². The van der Waals surface area contributed by atoms with Crippen LogP contribution in [-0.2, 0) is 25.7 Å². The lowest BCUT2D eigenvalue weighted by Gasteiger charge is -2.13. The summed E-state index contributed by atoms with van der Waals surface area (Å²) in [7, 11) is 1.67. The van der Waals surface area contributed by atoms with E-state index in [0.717, 1.165) is 46.8 Å². The molecular weight excluding hydrogens is 417 g/mol. The van der Waals surface area contributed by atoms with Crippen LogP contribution < -0.4 is 10.5 Å². The fraction of sp³-hybridized carbons (Fsp3) is 0.407. The van der Waals surface area contributed by atoms with Gasteiger partial charge in [-0.05, 0) is 73.9 Å². The molecule has 1 aliphatic carbocycles. The molecule has 3 aromatic rings. The summed E-state index contributed by atoms with van der Waals surface area (Å²) in [6.45, 7) is 5.19. The van der Waals surface area contributed by atoms with Crippen LogP contribution >= 0.6 is 0 Å². The number of alkyl halides is 1. The van der Waals surface area contributed by atoms with Crippen LogP contribution in [0.25, 0.3) is 11.3 Å². The third-order valence-corrected chi connectivity index (χ3v) is 5.52. The second-order valence-corrected chi connectivity index (χ2v) is 7.77. The van der Waals surface area contributed by atoms with Crippen LogP contribution in [0.15, 0.2) is 42.5 Å². The van der Waals surface area contributed by atoms with Gasteiger partial charge in [-0.25, -0.2) is 14.4 Å². The monoisotopic (exact) mass is 453 g/mol. The van der Waals surface area contributed by atoms with Gasteiger partial charge in [-0.1, -0.05) is 38.1 Å². The molecule has 0 aliphatic heterocycles. The molecule has 0 saturated heterocycles. The van der Waals surface area contributed by atoms with Crippen molar-refractivity contribution in [2.45, 2.75) is 52.9 Å². The Kier molecular flexibility index (Phi) is 10.8. The van der Waals surface area contributed by atoms with E-state index in [9.17, 15) is 4.39 Å². The zero-order valence-corrected chi connectivity index (χ0v) is 20.2. The summed E-state index contributed by atoms with van der Waals surface area (Å²) < 4.78 is 15.7. The molecule has 0 radical (unpaired) electrons. The number of fused-ring (bicyclic) bond motifs is 1. The summed E-state index contributed by atoms with van der Waals surface area (Å²) in [5.41, 5.74) is 14.0. The number of aryl methyl sites for hydroxylation is 5. The number of hydrogen-bond donors (Lipinski definition) is 2. The average Bonchev–Trinajstić information content (AvgIpc) is 3.33. The molecule has 2 aromatic carbocycles. The number of hydrogen-bond acceptors (Lipinski definition) is 5. The van der Waals surface area contributed by atoms with E-state index in [1.807, 2.05) is 25.1 Å². The van der Waals surface area contributed by atoms with Crippen LogP contribution in [-0.4, -0.2) is 35.5 Å². The van der Waals surface area contributed by atoms with Gasteiger partial charge in [-0.2, -0.15) is 0 Å². The number of benzene rings is 2. The normalized spacial score (nSPS) is 11.6. The van der Waals surface area contributed by atoms with Crippen molar-refractivity contribution < 1.29 is 14.2 Å². The molecular formula is C27H36FN3O2. The third kappa shape index (κ3) is 7.26. The van der Waals surface area contributed by atoms with Crippen molar-refractivity contribution in [1.82, 2.24) is 9.97 Å². The first-order valence-corrected chi connectivity index (χ1v) is 11.5. The van der Waals surface area contributed by atoms with Crippen LogP contribution in [0.2, 0.25) is 0 Å². The number of ether oxygens (including phenoxy) is 1. The van der Waals surface area contributed by atoms with Crippen LogP contribution in [0.5, 0.6) is 5.75 Å². The molecule has 5 nitrogen and oxygen atoms in total. The standard InChI is InChI=1S/C16H21N3O.C9H10.C2H5FO/c1-5-13-15(18-14(6-2)16(17)19-13)12-8-7-11(20-4)9-10(12)3;1-2-5-9-7-3-6-8(9)4-1;3-1-2-4/h7-9H,5-6H2,1-4H3,(H2,17,19);1-2,4-5H,3,6-7H2;4H,1-2H2. The predicted octanol–water partition coefficient (Wildman–Crippen LogP) is 5.29. The Bertz CT molecular complexity index is 999. The smallest absolute Gasteiger partial charge is 0.145 e. The molecule has 0 spiro atoms. The number of halogens is 1. The minimum atomic E-state index is -0.625. The topological polar surface area (TPSA) is 81.3 Å². The lowest BCUT2D eigenvalue weighted by Crippen LogP contribution is -2.06. The van der Waals surface area contributed by atoms with E-state index in [4.69, 9.17) is 20.6 Å². The molecule has 178 valence electrons. The van der Waals surface area contributed by atoms with Gasteiger partial charge in [-0.3, -0.25) is 0 Å². The minimum absolute atomic E-state index is 0.347. The first-order chi connectivity index (χ1) is 16.0. The number of nitrogen functional groups attached to an aromatic ring is 1. The first kappa shape index (κ1) is 26.3. The van der Waals surface area contributed by atoms with Gasteiger partial charge in [0.25, 0.3) is 0 Å². The van der Waals surface area contributed by atoms with E-state index in [1.54, 1.807) is 18.2 Å². The Labute approximate surface area is 196 Å². The van der Waals surface area contributed by atoms with Crippen molar-refractivity contribution in [2.75, 3.05) is 26.1 Å². The van der Waals surface area contributed by atoms with Gasteiger partial charge in [0, 0.05) is 5.56 Å². The Morgan fingerprint density at radius 3 is 2.09 bits per heavy atom. The number of aromatic nitrogens is 2. The highest BCUT2D eigenvalue weighted by Crippen LogP contribution is 2.29. The van der Waals surface area contributed by atoms with Crippen molar-refractivity contribution in [3.63, 3.8) is 0 Å². The number of nitrogens with two attached hydrogens (primary N) is 1. The van der Waals surface area contributed by atoms with Gasteiger partial charge in [-0.15, -0.1) is 0 Å². The second kappa shape index (κ2) is 13.5. The van der Waals surface area contributed by atoms with Gasteiger partial charge in [0.15, 0.2) is 0 Å². The Balaban J connectivity index is 0.000000242. The van der Waals surface area contributed by atoms with Crippen LogP contribution in [0, 0.1) is 6.92 Å². The molecule has 0 bridgehead atoms. The molecule has 0 unspecified atom stereocenters. The molecule has 0 fully saturated rings. The van der Waals surface area contributed by atoms with Crippen LogP contribution in [0.4, 0.5) is 10.2 Å². The fourth-order valence-corrected chi connectivity index (χ4v) is 3.79. The summed E-state index contributed by atoms with van der Waals surface area (Å²) in [4.78, 5) is 9.23. The van der Waals surface area contributed by atoms with Gasteiger partial charge < -0.3 is 15.6 Å². The average molecular weight is 454 g/mol. The SMILES string of the molecule is CCc1nc(-c2ccc(OC)cc2C)c(CC)nc1N.OCCF.c1ccc2c(c1)CCC2. The number of anilines is 1. The van der Waals surface area contributed by atoms with E-state index in [1.165, 1.54) is 19.3 Å². The first-order valence-electron chi connectivity index (χ1n) is 11.5. The maximum Gasteiger partial charge on any atom is 0.145 e. The van der Waals surface area contributed by atoms with E-state index in [-0.39, 0.29) is 6.61 Å². The predicted molar refractivity (Wildman–Crippen MR) is 133 cm³/mol. The van der Waals surface area contributed by atoms with Crippen LogP contribution in [0.3, 0.4) is 0 Å². The largest absolute Gasteiger partial charge is 0.497 e. The molecule has 1 heterocycles. The molecule has 0 amide bonds. The number of nitrogens with zero attached hydrogens (tertiary/aromatic N) is 2. The Morgan fingerprint density at radius 2 is 1.61 bits per heavy atom. The highest BCUT2D eigenvalue weighted by Gasteiger charge is 2.14. The maximum absolute atomic E-state index is 10.5. The highest BCUT2D eigenvalue weighted by molar-refractivity contribution is 5.68. The summed E-state index contributed by atoms with van der Waals surface area (Å²) in [6, 6.07) is 14.7. The Hall–Kier alpha value is -2.99. The quantitative estimate of drug-likeness (QED) is 0.548.